The van der Waals surface area contributed by atoms with Crippen LogP contribution in [0, 0.1) is 19.8 Å². The summed E-state index contributed by atoms with van der Waals surface area (Å²) in [4.78, 5) is 2.50. The lowest BCUT2D eigenvalue weighted by atomic mass is 9.92. The van der Waals surface area contributed by atoms with Gasteiger partial charge in [-0.3, -0.25) is 15.0 Å². The van der Waals surface area contributed by atoms with Crippen molar-refractivity contribution in [2.45, 2.75) is 33.4 Å². The number of hydrogen-bond donors (Lipinski definition) is 2. The molecule has 2 unspecified atom stereocenters. The van der Waals surface area contributed by atoms with Crippen LogP contribution < -0.4 is 10.9 Å². The molecule has 0 radical (unpaired) electrons. The van der Waals surface area contributed by atoms with Crippen molar-refractivity contribution in [3.63, 3.8) is 0 Å². The van der Waals surface area contributed by atoms with Gasteiger partial charge in [-0.1, -0.05) is 25.1 Å². The summed E-state index contributed by atoms with van der Waals surface area (Å²) in [5.74, 6) is 0.559. The van der Waals surface area contributed by atoms with Gasteiger partial charge in [-0.25, -0.2) is 5.43 Å². The van der Waals surface area contributed by atoms with Gasteiger partial charge < -0.3 is 0 Å². The molecule has 130 valence electrons. The number of hydrazine groups is 1. The smallest absolute Gasteiger partial charge is 0.0534 e. The maximum Gasteiger partial charge on any atom is 0.0534 e. The molecule has 0 bridgehead atoms. The predicted molar refractivity (Wildman–Crippen MR) is 97.4 cm³/mol. The average molecular weight is 327 g/mol. The fraction of sp³-hybridized carbons (Fsp3) is 0.526. The third kappa shape index (κ3) is 3.86. The second kappa shape index (κ2) is 7.47. The maximum absolute atomic E-state index is 4.28. The van der Waals surface area contributed by atoms with E-state index in [9.17, 15) is 0 Å². The van der Waals surface area contributed by atoms with E-state index in [1.807, 2.05) is 17.9 Å². The number of aromatic nitrogens is 2. The third-order valence-electron chi connectivity index (χ3n) is 5.09. The Morgan fingerprint density at radius 2 is 2.12 bits per heavy atom. The van der Waals surface area contributed by atoms with Gasteiger partial charge in [0.05, 0.1) is 12.2 Å². The molecule has 1 fully saturated rings. The number of nitrogens with zero attached hydrogens (tertiary/aromatic N) is 3. The molecule has 3 rings (SSSR count). The lowest BCUT2D eigenvalue weighted by Crippen LogP contribution is -2.32. The lowest BCUT2D eigenvalue weighted by Gasteiger charge is -2.27. The topological polar surface area (TPSA) is 45.1 Å². The van der Waals surface area contributed by atoms with E-state index in [4.69, 9.17) is 0 Å². The molecule has 5 nitrogen and oxygen atoms in total. The monoisotopic (exact) mass is 327 g/mol. The van der Waals surface area contributed by atoms with Crippen molar-refractivity contribution in [2.24, 2.45) is 13.0 Å². The molecule has 0 aliphatic carbocycles. The van der Waals surface area contributed by atoms with Crippen LogP contribution in [0.3, 0.4) is 0 Å². The van der Waals surface area contributed by atoms with Crippen LogP contribution in [0.1, 0.15) is 35.2 Å². The van der Waals surface area contributed by atoms with Crippen LogP contribution in [-0.4, -0.2) is 34.3 Å². The van der Waals surface area contributed by atoms with Gasteiger partial charge in [0.15, 0.2) is 0 Å². The van der Waals surface area contributed by atoms with E-state index >= 15 is 0 Å². The Kier molecular flexibility index (Phi) is 5.33. The molecule has 24 heavy (non-hydrogen) atoms. The van der Waals surface area contributed by atoms with Crippen molar-refractivity contribution in [1.82, 2.24) is 25.5 Å². The zero-order valence-corrected chi connectivity index (χ0v) is 15.2. The van der Waals surface area contributed by atoms with Crippen LogP contribution >= 0.6 is 0 Å². The Morgan fingerprint density at radius 1 is 1.29 bits per heavy atom. The fourth-order valence-electron chi connectivity index (χ4n) is 3.47. The molecule has 1 aromatic carbocycles. The minimum absolute atomic E-state index is 0.368. The summed E-state index contributed by atoms with van der Waals surface area (Å²) in [6.07, 6.45) is 4.07. The molecule has 0 amide bonds. The molecule has 2 aromatic rings. The van der Waals surface area contributed by atoms with Crippen molar-refractivity contribution >= 4 is 0 Å². The van der Waals surface area contributed by atoms with E-state index in [2.05, 4.69) is 66.0 Å². The van der Waals surface area contributed by atoms with Gasteiger partial charge >= 0.3 is 0 Å². The van der Waals surface area contributed by atoms with E-state index < -0.39 is 0 Å². The summed E-state index contributed by atoms with van der Waals surface area (Å²) in [7, 11) is 1.97. The van der Waals surface area contributed by atoms with Gasteiger partial charge in [-0.05, 0) is 37.1 Å². The molecule has 2 heterocycles. The van der Waals surface area contributed by atoms with Crippen molar-refractivity contribution in [1.29, 1.82) is 0 Å². The van der Waals surface area contributed by atoms with Crippen LogP contribution in [0.15, 0.2) is 30.6 Å². The van der Waals surface area contributed by atoms with Crippen molar-refractivity contribution in [3.05, 3.63) is 52.8 Å². The quantitative estimate of drug-likeness (QED) is 0.855. The fourth-order valence-corrected chi connectivity index (χ4v) is 3.47. The third-order valence-corrected chi connectivity index (χ3v) is 5.09. The number of aryl methyl sites for hydroxylation is 3. The highest BCUT2D eigenvalue weighted by molar-refractivity contribution is 5.32. The van der Waals surface area contributed by atoms with Crippen molar-refractivity contribution < 1.29 is 0 Å². The van der Waals surface area contributed by atoms with Gasteiger partial charge in [-0.15, -0.1) is 0 Å². The SMILES string of the molecule is CCN(Cc1cnn(C)c1)CC1CNNC1c1ccc(C)c(C)c1. The van der Waals surface area contributed by atoms with Crippen LogP contribution in [-0.2, 0) is 13.6 Å². The number of rotatable bonds is 6. The lowest BCUT2D eigenvalue weighted by molar-refractivity contribution is 0.228. The van der Waals surface area contributed by atoms with Crippen LogP contribution in [0.5, 0.6) is 0 Å². The summed E-state index contributed by atoms with van der Waals surface area (Å²) in [6.45, 7) is 10.7. The molecule has 1 saturated heterocycles. The van der Waals surface area contributed by atoms with E-state index in [-0.39, 0.29) is 0 Å². The summed E-state index contributed by atoms with van der Waals surface area (Å²) in [6, 6.07) is 7.18. The Hall–Kier alpha value is -1.69. The first-order chi connectivity index (χ1) is 11.6. The van der Waals surface area contributed by atoms with Crippen molar-refractivity contribution in [3.8, 4) is 0 Å². The minimum Gasteiger partial charge on any atom is -0.299 e. The summed E-state index contributed by atoms with van der Waals surface area (Å²) < 4.78 is 1.87. The zero-order chi connectivity index (χ0) is 17.1. The van der Waals surface area contributed by atoms with Gasteiger partial charge in [0, 0.05) is 44.4 Å². The Labute approximate surface area is 145 Å². The Balaban J connectivity index is 1.68. The Morgan fingerprint density at radius 3 is 2.79 bits per heavy atom. The second-order valence-electron chi connectivity index (χ2n) is 6.96. The first kappa shape index (κ1) is 17.1. The normalized spacial score (nSPS) is 20.9. The molecule has 0 spiro atoms. The zero-order valence-electron chi connectivity index (χ0n) is 15.2. The van der Waals surface area contributed by atoms with E-state index in [0.29, 0.717) is 12.0 Å². The molecular weight excluding hydrogens is 298 g/mol. The first-order valence-corrected chi connectivity index (χ1v) is 8.82. The van der Waals surface area contributed by atoms with Crippen LogP contribution in [0.4, 0.5) is 0 Å². The number of benzene rings is 1. The molecule has 0 saturated carbocycles. The number of nitrogens with one attached hydrogen (secondary N) is 2. The molecule has 1 aliphatic rings. The predicted octanol–water partition coefficient (Wildman–Crippen LogP) is 2.32. The molecule has 2 N–H and O–H groups in total. The first-order valence-electron chi connectivity index (χ1n) is 8.82. The molecule has 5 heteroatoms. The largest absolute Gasteiger partial charge is 0.299 e. The van der Waals surface area contributed by atoms with Crippen molar-refractivity contribution in [2.75, 3.05) is 19.6 Å². The van der Waals surface area contributed by atoms with Crippen LogP contribution in [0.25, 0.3) is 0 Å². The molecule has 1 aliphatic heterocycles. The van der Waals surface area contributed by atoms with Gasteiger partial charge in [0.2, 0.25) is 0 Å². The second-order valence-corrected chi connectivity index (χ2v) is 6.96. The molecule has 2 atom stereocenters. The summed E-state index contributed by atoms with van der Waals surface area (Å²) in [5.41, 5.74) is 12.2. The number of hydrogen-bond acceptors (Lipinski definition) is 4. The minimum atomic E-state index is 0.368. The van der Waals surface area contributed by atoms with Crippen LogP contribution in [0.2, 0.25) is 0 Å². The highest BCUT2D eigenvalue weighted by atomic mass is 15.4. The highest BCUT2D eigenvalue weighted by Gasteiger charge is 2.29. The van der Waals surface area contributed by atoms with E-state index in [1.165, 1.54) is 22.3 Å². The molecular formula is C19H29N5. The highest BCUT2D eigenvalue weighted by Crippen LogP contribution is 2.27. The van der Waals surface area contributed by atoms with E-state index in [1.54, 1.807) is 0 Å². The standard InChI is InChI=1S/C19H29N5/c1-5-24(12-16-9-21-23(4)11-16)13-18-10-20-22-19(18)17-7-6-14(2)15(3)8-17/h6-9,11,18-20,22H,5,10,12-13H2,1-4H3. The average Bonchev–Trinajstić information content (AvgIpc) is 3.18. The Bertz CT molecular complexity index is 678. The maximum atomic E-state index is 4.28. The molecule has 1 aromatic heterocycles. The van der Waals surface area contributed by atoms with Gasteiger partial charge in [0.1, 0.15) is 0 Å². The summed E-state index contributed by atoms with van der Waals surface area (Å²) >= 11 is 0. The van der Waals surface area contributed by atoms with Gasteiger partial charge in [0.25, 0.3) is 0 Å². The summed E-state index contributed by atoms with van der Waals surface area (Å²) in [5, 5.41) is 4.28. The van der Waals surface area contributed by atoms with E-state index in [0.717, 1.165) is 26.2 Å². The van der Waals surface area contributed by atoms with Gasteiger partial charge in [-0.2, -0.15) is 5.10 Å².